The van der Waals surface area contributed by atoms with E-state index in [0.29, 0.717) is 5.92 Å². The van der Waals surface area contributed by atoms with Crippen molar-refractivity contribution in [1.29, 1.82) is 0 Å². The van der Waals surface area contributed by atoms with Gasteiger partial charge in [-0.1, -0.05) is 19.3 Å². The largest absolute Gasteiger partial charge is 0.469 e. The average Bonchev–Trinajstić information content (AvgIpc) is 2.91. The minimum atomic E-state index is -0.115. The van der Waals surface area contributed by atoms with Crippen LogP contribution in [0.15, 0.2) is 6.20 Å². The molecular formula is C15H22N2O2. The highest BCUT2D eigenvalue weighted by molar-refractivity contribution is 5.77. The lowest BCUT2D eigenvalue weighted by Crippen LogP contribution is -2.24. The summed E-state index contributed by atoms with van der Waals surface area (Å²) in [6.07, 6.45) is 10.3. The number of methoxy groups -OCH3 is 1. The summed E-state index contributed by atoms with van der Waals surface area (Å²) in [5.41, 5.74) is 1.07. The van der Waals surface area contributed by atoms with E-state index in [1.807, 2.05) is 6.20 Å². The van der Waals surface area contributed by atoms with Gasteiger partial charge in [-0.3, -0.25) is 4.79 Å². The lowest BCUT2D eigenvalue weighted by Gasteiger charge is -2.27. The standard InChI is InChI=1S/C15H22N2O2/c1-19-15(18)12-8-5-9-17-13(12)10-16-14(17)11-6-3-2-4-7-11/h10-12H,2-9H2,1H3. The fraction of sp³-hybridized carbons (Fsp3) is 0.733. The number of imidazole rings is 1. The molecule has 1 atom stereocenters. The molecule has 4 nitrogen and oxygen atoms in total. The summed E-state index contributed by atoms with van der Waals surface area (Å²) in [7, 11) is 1.47. The second-order valence-corrected chi connectivity index (χ2v) is 5.75. The number of aromatic nitrogens is 2. The first kappa shape index (κ1) is 12.7. The molecule has 3 rings (SSSR count). The van der Waals surface area contributed by atoms with Crippen LogP contribution in [0, 0.1) is 0 Å². The van der Waals surface area contributed by atoms with Crippen LogP contribution in [0.1, 0.15) is 68.3 Å². The number of esters is 1. The van der Waals surface area contributed by atoms with E-state index in [2.05, 4.69) is 9.55 Å². The highest BCUT2D eigenvalue weighted by atomic mass is 16.5. The molecule has 1 saturated carbocycles. The number of carbonyl (C=O) groups excluding carboxylic acids is 1. The van der Waals surface area contributed by atoms with Crippen molar-refractivity contribution in [2.24, 2.45) is 0 Å². The van der Waals surface area contributed by atoms with Crippen molar-refractivity contribution in [3.8, 4) is 0 Å². The molecule has 0 amide bonds. The number of hydrogen-bond donors (Lipinski definition) is 0. The third-order valence-corrected chi connectivity index (χ3v) is 4.60. The van der Waals surface area contributed by atoms with Crippen molar-refractivity contribution >= 4 is 5.97 Å². The predicted octanol–water partition coefficient (Wildman–Crippen LogP) is 2.98. The van der Waals surface area contributed by atoms with Gasteiger partial charge in [-0.25, -0.2) is 4.98 Å². The number of rotatable bonds is 2. The molecule has 1 aromatic rings. The van der Waals surface area contributed by atoms with E-state index in [9.17, 15) is 4.79 Å². The van der Waals surface area contributed by atoms with Crippen LogP contribution in [0.5, 0.6) is 0 Å². The molecule has 1 aromatic heterocycles. The molecule has 2 aliphatic rings. The van der Waals surface area contributed by atoms with Gasteiger partial charge in [0.25, 0.3) is 0 Å². The van der Waals surface area contributed by atoms with Crippen LogP contribution in [0.3, 0.4) is 0 Å². The van der Waals surface area contributed by atoms with Gasteiger partial charge in [0, 0.05) is 18.7 Å². The first-order chi connectivity index (χ1) is 9.31. The minimum absolute atomic E-state index is 0.108. The summed E-state index contributed by atoms with van der Waals surface area (Å²) < 4.78 is 7.21. The van der Waals surface area contributed by atoms with Crippen molar-refractivity contribution in [2.45, 2.75) is 63.3 Å². The molecule has 0 aromatic carbocycles. The van der Waals surface area contributed by atoms with Crippen molar-refractivity contribution in [3.63, 3.8) is 0 Å². The molecule has 0 spiro atoms. The molecule has 0 N–H and O–H groups in total. The topological polar surface area (TPSA) is 44.1 Å². The van der Waals surface area contributed by atoms with Gasteiger partial charge < -0.3 is 9.30 Å². The molecule has 1 unspecified atom stereocenters. The van der Waals surface area contributed by atoms with Gasteiger partial charge in [0.05, 0.1) is 18.7 Å². The monoisotopic (exact) mass is 262 g/mol. The Kier molecular flexibility index (Phi) is 3.58. The van der Waals surface area contributed by atoms with Crippen LogP contribution in [-0.2, 0) is 16.1 Å². The fourth-order valence-corrected chi connectivity index (χ4v) is 3.59. The first-order valence-corrected chi connectivity index (χ1v) is 7.44. The molecule has 4 heteroatoms. The average molecular weight is 262 g/mol. The van der Waals surface area contributed by atoms with E-state index in [-0.39, 0.29) is 11.9 Å². The molecule has 0 bridgehead atoms. The third kappa shape index (κ3) is 2.28. The Labute approximate surface area is 114 Å². The molecule has 104 valence electrons. The third-order valence-electron chi connectivity index (χ3n) is 4.60. The minimum Gasteiger partial charge on any atom is -0.469 e. The number of hydrogen-bond acceptors (Lipinski definition) is 3. The van der Waals surface area contributed by atoms with E-state index in [1.165, 1.54) is 45.0 Å². The van der Waals surface area contributed by atoms with E-state index >= 15 is 0 Å². The van der Waals surface area contributed by atoms with Gasteiger partial charge >= 0.3 is 5.97 Å². The maximum atomic E-state index is 11.9. The molecule has 0 radical (unpaired) electrons. The Hall–Kier alpha value is -1.32. The summed E-state index contributed by atoms with van der Waals surface area (Å²) in [6, 6.07) is 0. The predicted molar refractivity (Wildman–Crippen MR) is 72.0 cm³/mol. The van der Waals surface area contributed by atoms with Gasteiger partial charge in [0.15, 0.2) is 0 Å². The SMILES string of the molecule is COC(=O)C1CCCn2c1cnc2C1CCCCC1. The smallest absolute Gasteiger partial charge is 0.314 e. The molecule has 1 aliphatic carbocycles. The van der Waals surface area contributed by atoms with Crippen LogP contribution >= 0.6 is 0 Å². The summed E-state index contributed by atoms with van der Waals surface area (Å²) >= 11 is 0. The lowest BCUT2D eigenvalue weighted by atomic mass is 9.88. The van der Waals surface area contributed by atoms with E-state index < -0.39 is 0 Å². The van der Waals surface area contributed by atoms with Crippen molar-refractivity contribution < 1.29 is 9.53 Å². The van der Waals surface area contributed by atoms with E-state index in [1.54, 1.807) is 0 Å². The Balaban J connectivity index is 1.89. The molecular weight excluding hydrogens is 240 g/mol. The molecule has 19 heavy (non-hydrogen) atoms. The highest BCUT2D eigenvalue weighted by Crippen LogP contribution is 2.36. The van der Waals surface area contributed by atoms with Gasteiger partial charge in [-0.05, 0) is 25.7 Å². The zero-order valence-corrected chi connectivity index (χ0v) is 11.6. The van der Waals surface area contributed by atoms with Crippen molar-refractivity contribution in [2.75, 3.05) is 7.11 Å². The zero-order valence-electron chi connectivity index (χ0n) is 11.6. The summed E-state index contributed by atoms with van der Waals surface area (Å²) in [4.78, 5) is 16.5. The van der Waals surface area contributed by atoms with Crippen LogP contribution in [0.25, 0.3) is 0 Å². The Morgan fingerprint density at radius 3 is 2.79 bits per heavy atom. The quantitative estimate of drug-likeness (QED) is 0.770. The van der Waals surface area contributed by atoms with Crippen LogP contribution < -0.4 is 0 Å². The Bertz CT molecular complexity index is 461. The molecule has 1 aliphatic heterocycles. The number of ether oxygens (including phenoxy) is 1. The maximum Gasteiger partial charge on any atom is 0.314 e. The van der Waals surface area contributed by atoms with Crippen LogP contribution in [0.4, 0.5) is 0 Å². The highest BCUT2D eigenvalue weighted by Gasteiger charge is 2.31. The molecule has 2 heterocycles. The van der Waals surface area contributed by atoms with Gasteiger partial charge in [-0.15, -0.1) is 0 Å². The van der Waals surface area contributed by atoms with E-state index in [0.717, 1.165) is 25.1 Å². The molecule has 1 fully saturated rings. The second-order valence-electron chi connectivity index (χ2n) is 5.75. The number of fused-ring (bicyclic) bond motifs is 1. The maximum absolute atomic E-state index is 11.9. The first-order valence-electron chi connectivity index (χ1n) is 7.44. The lowest BCUT2D eigenvalue weighted by molar-refractivity contribution is -0.143. The zero-order chi connectivity index (χ0) is 13.2. The van der Waals surface area contributed by atoms with Crippen molar-refractivity contribution in [3.05, 3.63) is 17.7 Å². The van der Waals surface area contributed by atoms with Gasteiger partial charge in [0.2, 0.25) is 0 Å². The van der Waals surface area contributed by atoms with E-state index in [4.69, 9.17) is 4.74 Å². The second kappa shape index (κ2) is 5.35. The van der Waals surface area contributed by atoms with Crippen LogP contribution in [-0.4, -0.2) is 22.6 Å². The number of nitrogens with zero attached hydrogens (tertiary/aromatic N) is 2. The van der Waals surface area contributed by atoms with Crippen molar-refractivity contribution in [1.82, 2.24) is 9.55 Å². The summed E-state index contributed by atoms with van der Waals surface area (Å²) in [6.45, 7) is 1.01. The molecule has 0 saturated heterocycles. The summed E-state index contributed by atoms with van der Waals surface area (Å²) in [5.74, 6) is 1.59. The Morgan fingerprint density at radius 2 is 2.05 bits per heavy atom. The Morgan fingerprint density at radius 1 is 1.26 bits per heavy atom. The summed E-state index contributed by atoms with van der Waals surface area (Å²) in [5, 5.41) is 0. The van der Waals surface area contributed by atoms with Gasteiger partial charge in [-0.2, -0.15) is 0 Å². The van der Waals surface area contributed by atoms with Crippen LogP contribution in [0.2, 0.25) is 0 Å². The number of carbonyl (C=O) groups is 1. The fourth-order valence-electron chi connectivity index (χ4n) is 3.59. The van der Waals surface area contributed by atoms with Gasteiger partial charge in [0.1, 0.15) is 5.82 Å². The normalized spacial score (nSPS) is 23.9.